The van der Waals surface area contributed by atoms with Crippen molar-refractivity contribution in [2.45, 2.75) is 64.2 Å². The third kappa shape index (κ3) is 4.89. The number of hydrogen-bond donors (Lipinski definition) is 1. The number of nitrogens with zero attached hydrogens (tertiary/aromatic N) is 2. The summed E-state index contributed by atoms with van der Waals surface area (Å²) in [5, 5.41) is 11.2. The van der Waals surface area contributed by atoms with Gasteiger partial charge >= 0.3 is 0 Å². The van der Waals surface area contributed by atoms with Crippen molar-refractivity contribution in [1.82, 2.24) is 9.80 Å². The molecule has 2 saturated heterocycles. The third-order valence-corrected chi connectivity index (χ3v) is 5.71. The van der Waals surface area contributed by atoms with Crippen molar-refractivity contribution in [2.75, 3.05) is 32.8 Å². The molecule has 150 valence electrons. The summed E-state index contributed by atoms with van der Waals surface area (Å²) in [6.45, 7) is 12.3. The van der Waals surface area contributed by atoms with Gasteiger partial charge in [0.05, 0.1) is 12.2 Å². The van der Waals surface area contributed by atoms with E-state index in [2.05, 4.69) is 56.9 Å². The minimum Gasteiger partial charge on any atom is -0.379 e. The van der Waals surface area contributed by atoms with Crippen LogP contribution in [-0.4, -0.2) is 64.8 Å². The predicted molar refractivity (Wildman–Crippen MR) is 107 cm³/mol. The van der Waals surface area contributed by atoms with E-state index in [1.54, 1.807) is 0 Å². The van der Waals surface area contributed by atoms with Crippen LogP contribution in [-0.2, 0) is 16.1 Å². The Bertz CT molecular complexity index is 656. The summed E-state index contributed by atoms with van der Waals surface area (Å²) in [5.41, 5.74) is 0.896. The van der Waals surface area contributed by atoms with Crippen LogP contribution in [0.4, 0.5) is 0 Å². The van der Waals surface area contributed by atoms with Crippen LogP contribution in [0.2, 0.25) is 0 Å². The van der Waals surface area contributed by atoms with Crippen molar-refractivity contribution in [2.24, 2.45) is 0 Å². The normalized spacial score (nSPS) is 26.6. The molecule has 1 amide bonds. The van der Waals surface area contributed by atoms with Gasteiger partial charge in [0.15, 0.2) is 5.60 Å². The zero-order chi connectivity index (χ0) is 19.7. The molecule has 2 fully saturated rings. The average molecular weight is 375 g/mol. The molecule has 2 aliphatic rings. The molecule has 3 rings (SSSR count). The molecule has 2 heterocycles. The molecule has 0 aliphatic carbocycles. The minimum absolute atomic E-state index is 0.133. The number of carbonyl (C=O) groups is 1. The molecule has 1 aromatic rings. The van der Waals surface area contributed by atoms with Crippen LogP contribution in [0.15, 0.2) is 24.3 Å². The lowest BCUT2D eigenvalue weighted by atomic mass is 9.90. The summed E-state index contributed by atoms with van der Waals surface area (Å²) < 4.78 is 5.75. The number of β-amino-alcohol motifs (C(OH)–C–C–N with tert-alkyl or cyclic N) is 1. The SMILES string of the molecule is CC(C)c1ccc(CN2CCC[C@](O)(CN3CCOC(C)(C)C3)C2=O)cc1. The Morgan fingerprint density at radius 2 is 1.89 bits per heavy atom. The van der Waals surface area contributed by atoms with Gasteiger partial charge in [-0.1, -0.05) is 38.1 Å². The third-order valence-electron chi connectivity index (χ3n) is 5.71. The summed E-state index contributed by atoms with van der Waals surface area (Å²) in [6, 6.07) is 8.47. The van der Waals surface area contributed by atoms with E-state index in [4.69, 9.17) is 4.74 Å². The van der Waals surface area contributed by atoms with E-state index in [1.165, 1.54) is 5.56 Å². The van der Waals surface area contributed by atoms with Crippen molar-refractivity contribution in [3.63, 3.8) is 0 Å². The molecule has 0 saturated carbocycles. The average Bonchev–Trinajstić information content (AvgIpc) is 2.59. The molecule has 27 heavy (non-hydrogen) atoms. The first-order valence-corrected chi connectivity index (χ1v) is 10.2. The summed E-state index contributed by atoms with van der Waals surface area (Å²) in [5.74, 6) is 0.365. The zero-order valence-electron chi connectivity index (χ0n) is 17.2. The van der Waals surface area contributed by atoms with Gasteiger partial charge in [-0.2, -0.15) is 0 Å². The zero-order valence-corrected chi connectivity index (χ0v) is 17.2. The first kappa shape index (κ1) is 20.3. The predicted octanol–water partition coefficient (Wildman–Crippen LogP) is 2.77. The van der Waals surface area contributed by atoms with E-state index in [0.717, 1.165) is 25.1 Å². The molecule has 0 bridgehead atoms. The lowest BCUT2D eigenvalue weighted by molar-refractivity contribution is -0.165. The summed E-state index contributed by atoms with van der Waals surface area (Å²) in [7, 11) is 0. The first-order chi connectivity index (χ1) is 12.7. The number of aliphatic hydroxyl groups is 1. The van der Waals surface area contributed by atoms with Gasteiger partial charge in [-0.15, -0.1) is 0 Å². The fourth-order valence-electron chi connectivity index (χ4n) is 4.21. The molecule has 2 aliphatic heterocycles. The smallest absolute Gasteiger partial charge is 0.256 e. The van der Waals surface area contributed by atoms with Crippen molar-refractivity contribution < 1.29 is 14.6 Å². The highest BCUT2D eigenvalue weighted by Gasteiger charge is 2.44. The maximum absolute atomic E-state index is 13.1. The Kier molecular flexibility index (Phi) is 5.94. The number of benzene rings is 1. The molecular weight excluding hydrogens is 340 g/mol. The van der Waals surface area contributed by atoms with Gasteiger partial charge in [-0.25, -0.2) is 0 Å². The summed E-state index contributed by atoms with van der Waals surface area (Å²) in [4.78, 5) is 17.1. The fraction of sp³-hybridized carbons (Fsp3) is 0.682. The number of morpholine rings is 1. The molecule has 0 unspecified atom stereocenters. The Hall–Kier alpha value is -1.43. The molecular formula is C22H34N2O3. The molecule has 0 aromatic heterocycles. The van der Waals surface area contributed by atoms with E-state index >= 15 is 0 Å². The van der Waals surface area contributed by atoms with E-state index < -0.39 is 5.60 Å². The molecule has 0 spiro atoms. The van der Waals surface area contributed by atoms with Crippen LogP contribution in [0.1, 0.15) is 57.6 Å². The van der Waals surface area contributed by atoms with Crippen LogP contribution >= 0.6 is 0 Å². The second-order valence-corrected chi connectivity index (χ2v) is 9.08. The van der Waals surface area contributed by atoms with Gasteiger partial charge in [0.25, 0.3) is 5.91 Å². The second-order valence-electron chi connectivity index (χ2n) is 9.08. The minimum atomic E-state index is -1.29. The number of ether oxygens (including phenoxy) is 1. The summed E-state index contributed by atoms with van der Waals surface area (Å²) in [6.07, 6.45) is 1.37. The molecule has 1 atom stereocenters. The Morgan fingerprint density at radius 3 is 2.52 bits per heavy atom. The van der Waals surface area contributed by atoms with Crippen molar-refractivity contribution in [3.05, 3.63) is 35.4 Å². The maximum Gasteiger partial charge on any atom is 0.256 e. The molecule has 0 radical (unpaired) electrons. The van der Waals surface area contributed by atoms with Gasteiger partial charge < -0.3 is 14.7 Å². The Labute approximate surface area is 163 Å². The van der Waals surface area contributed by atoms with Crippen LogP contribution in [0, 0.1) is 0 Å². The monoisotopic (exact) mass is 374 g/mol. The van der Waals surface area contributed by atoms with Crippen LogP contribution in [0.3, 0.4) is 0 Å². The van der Waals surface area contributed by atoms with E-state index in [1.807, 2.05) is 4.90 Å². The number of piperidine rings is 1. The quantitative estimate of drug-likeness (QED) is 0.861. The molecule has 5 nitrogen and oxygen atoms in total. The number of hydrogen-bond acceptors (Lipinski definition) is 4. The van der Waals surface area contributed by atoms with Crippen LogP contribution in [0.5, 0.6) is 0 Å². The molecule has 1 aromatic carbocycles. The highest BCUT2D eigenvalue weighted by molar-refractivity contribution is 5.86. The van der Waals surface area contributed by atoms with Gasteiger partial charge in [-0.3, -0.25) is 9.69 Å². The van der Waals surface area contributed by atoms with Crippen LogP contribution < -0.4 is 0 Å². The largest absolute Gasteiger partial charge is 0.379 e. The molecule has 5 heteroatoms. The Morgan fingerprint density at radius 1 is 1.19 bits per heavy atom. The van der Waals surface area contributed by atoms with Gasteiger partial charge in [0.1, 0.15) is 0 Å². The fourth-order valence-corrected chi connectivity index (χ4v) is 4.21. The van der Waals surface area contributed by atoms with Crippen molar-refractivity contribution >= 4 is 5.91 Å². The number of likely N-dealkylation sites (tertiary alicyclic amines) is 1. The number of amides is 1. The van der Waals surface area contributed by atoms with E-state index in [0.29, 0.717) is 38.6 Å². The van der Waals surface area contributed by atoms with Gasteiger partial charge in [0, 0.05) is 32.7 Å². The topological polar surface area (TPSA) is 53.0 Å². The van der Waals surface area contributed by atoms with Crippen molar-refractivity contribution in [3.8, 4) is 0 Å². The highest BCUT2D eigenvalue weighted by atomic mass is 16.5. The van der Waals surface area contributed by atoms with Gasteiger partial charge in [0.2, 0.25) is 0 Å². The maximum atomic E-state index is 13.1. The molecule has 1 N–H and O–H groups in total. The summed E-state index contributed by atoms with van der Waals surface area (Å²) >= 11 is 0. The second kappa shape index (κ2) is 7.90. The number of rotatable bonds is 5. The standard InChI is InChI=1S/C22H34N2O3/c1-17(2)19-8-6-18(7-9-19)14-24-11-5-10-22(26,20(24)25)16-23-12-13-27-21(3,4)15-23/h6-9,17,26H,5,10-16H2,1-4H3/t22-/m0/s1. The van der Waals surface area contributed by atoms with E-state index in [9.17, 15) is 9.90 Å². The number of carbonyl (C=O) groups excluding carboxylic acids is 1. The Balaban J connectivity index is 1.65. The lowest BCUT2D eigenvalue weighted by Crippen LogP contribution is -2.61. The first-order valence-electron chi connectivity index (χ1n) is 10.2. The lowest BCUT2D eigenvalue weighted by Gasteiger charge is -2.44. The van der Waals surface area contributed by atoms with E-state index in [-0.39, 0.29) is 11.5 Å². The van der Waals surface area contributed by atoms with Gasteiger partial charge in [-0.05, 0) is 43.7 Å². The highest BCUT2D eigenvalue weighted by Crippen LogP contribution is 2.27. The van der Waals surface area contributed by atoms with Crippen molar-refractivity contribution in [1.29, 1.82) is 0 Å². The van der Waals surface area contributed by atoms with Crippen LogP contribution in [0.25, 0.3) is 0 Å².